The molecule has 12 heteroatoms. The van der Waals surface area contributed by atoms with Gasteiger partial charge in [0.05, 0.1) is 28.5 Å². The average Bonchev–Trinajstić information content (AvgIpc) is 3.62. The number of fused-ring (bicyclic) bond motifs is 3. The molecule has 0 unspecified atom stereocenters. The molecule has 10 nitrogen and oxygen atoms in total. The van der Waals surface area contributed by atoms with Crippen molar-refractivity contribution in [1.82, 2.24) is 25.2 Å². The second-order valence-corrected chi connectivity index (χ2v) is 13.1. The maximum Gasteiger partial charge on any atom is 0.319 e. The van der Waals surface area contributed by atoms with Crippen molar-refractivity contribution in [2.75, 3.05) is 37.7 Å². The lowest BCUT2D eigenvalue weighted by Gasteiger charge is -2.31. The van der Waals surface area contributed by atoms with Crippen LogP contribution in [0.4, 0.5) is 14.6 Å². The third kappa shape index (κ3) is 5.87. The number of carbonyl (C=O) groups is 1. The number of hydrogen-bond donors (Lipinski definition) is 2. The number of carbonyl (C=O) groups excluding carboxylic acids is 1. The predicted octanol–water partition coefficient (Wildman–Crippen LogP) is 5.23. The summed E-state index contributed by atoms with van der Waals surface area (Å²) < 4.78 is 38.2. The van der Waals surface area contributed by atoms with Gasteiger partial charge in [-0.15, -0.1) is 6.42 Å². The third-order valence-corrected chi connectivity index (χ3v) is 10.1. The van der Waals surface area contributed by atoms with Crippen LogP contribution in [0.25, 0.3) is 32.9 Å². The van der Waals surface area contributed by atoms with E-state index in [9.17, 15) is 19.6 Å². The number of aromatic hydroxyl groups is 1. The van der Waals surface area contributed by atoms with Gasteiger partial charge in [-0.25, -0.2) is 8.78 Å². The number of anilines is 1. The Hall–Kier alpha value is -5.33. The van der Waals surface area contributed by atoms with Gasteiger partial charge in [0.25, 0.3) is 0 Å². The molecule has 3 saturated heterocycles. The van der Waals surface area contributed by atoms with Crippen LogP contribution in [0.3, 0.4) is 0 Å². The second kappa shape index (κ2) is 12.9. The molecule has 0 spiro atoms. The van der Waals surface area contributed by atoms with Crippen molar-refractivity contribution in [2.45, 2.75) is 50.1 Å². The van der Waals surface area contributed by atoms with Crippen molar-refractivity contribution < 1.29 is 23.4 Å². The molecule has 0 bridgehead atoms. The van der Waals surface area contributed by atoms with Gasteiger partial charge in [-0.3, -0.25) is 14.7 Å². The van der Waals surface area contributed by atoms with E-state index in [0.717, 1.165) is 38.8 Å². The molecular weight excluding hydrogens is 628 g/mol. The molecule has 0 aliphatic carbocycles. The Bertz CT molecular complexity index is 2060. The lowest BCUT2D eigenvalue weighted by atomic mass is 9.95. The van der Waals surface area contributed by atoms with Gasteiger partial charge in [0.2, 0.25) is 5.91 Å². The Balaban J connectivity index is 1.38. The predicted molar refractivity (Wildman–Crippen MR) is 181 cm³/mol. The standard InChI is InChI=1S/C37H35F2N7O3/c1-3-26-29(38)8-7-23-16-25(47)17-27(31(23)26)33-32(39)34-28(19-41-33)35(45-14-9-22(18-40)15-24(20-45)42-30(48)4-2)44-36(43-34)49-21-37-10-5-12-46(37)13-6-11-37/h1,4,7-8,16-17,19,22,24,47H,2,5-6,9-15,20-21H2,(H,42,48)/t22-,24-/m0/s1. The van der Waals surface area contributed by atoms with Gasteiger partial charge in [0.1, 0.15) is 35.2 Å². The SMILES string of the molecule is C#Cc1c(F)ccc2cc(O)cc(-c3ncc4c(N5CC[C@H](C#N)C[C@H](NC(=O)C=C)C5)nc(OCC56CCCN5CCC6)nc4c3F)c12. The number of nitrogens with zero attached hydrogens (tertiary/aromatic N) is 6. The van der Waals surface area contributed by atoms with Crippen LogP contribution in [0, 0.1) is 41.2 Å². The molecule has 49 heavy (non-hydrogen) atoms. The molecular formula is C37H35F2N7O3. The van der Waals surface area contributed by atoms with E-state index in [2.05, 4.69) is 38.8 Å². The van der Waals surface area contributed by atoms with Gasteiger partial charge in [0.15, 0.2) is 5.82 Å². The van der Waals surface area contributed by atoms with E-state index in [1.165, 1.54) is 36.5 Å². The Morgan fingerprint density at radius 3 is 2.76 bits per heavy atom. The zero-order chi connectivity index (χ0) is 34.3. The number of halogens is 2. The normalized spacial score (nSPS) is 20.4. The molecule has 2 aromatic heterocycles. The van der Waals surface area contributed by atoms with Crippen LogP contribution < -0.4 is 15.0 Å². The van der Waals surface area contributed by atoms with E-state index in [0.29, 0.717) is 37.2 Å². The number of aromatic nitrogens is 3. The summed E-state index contributed by atoms with van der Waals surface area (Å²) in [5.41, 5.74) is -0.365. The Labute approximate surface area is 282 Å². The van der Waals surface area contributed by atoms with Crippen LogP contribution in [-0.2, 0) is 4.79 Å². The summed E-state index contributed by atoms with van der Waals surface area (Å²) >= 11 is 0. The highest BCUT2D eigenvalue weighted by molar-refractivity contribution is 6.03. The van der Waals surface area contributed by atoms with Crippen molar-refractivity contribution in [3.8, 4) is 41.4 Å². The van der Waals surface area contributed by atoms with E-state index < -0.39 is 17.7 Å². The van der Waals surface area contributed by atoms with Gasteiger partial charge >= 0.3 is 6.01 Å². The highest BCUT2D eigenvalue weighted by atomic mass is 19.1. The van der Waals surface area contributed by atoms with E-state index in [-0.39, 0.29) is 68.8 Å². The number of ether oxygens (including phenoxy) is 1. The second-order valence-electron chi connectivity index (χ2n) is 13.1. The fraction of sp³-hybridized carbons (Fsp3) is 0.378. The lowest BCUT2D eigenvalue weighted by molar-refractivity contribution is -0.117. The monoisotopic (exact) mass is 663 g/mol. The fourth-order valence-electron chi connectivity index (χ4n) is 7.81. The molecule has 1 amide bonds. The first-order chi connectivity index (χ1) is 23.7. The van der Waals surface area contributed by atoms with Crippen LogP contribution in [0.2, 0.25) is 0 Å². The number of hydrogen-bond acceptors (Lipinski definition) is 9. The number of nitriles is 1. The molecule has 3 fully saturated rings. The highest BCUT2D eigenvalue weighted by Gasteiger charge is 2.45. The van der Waals surface area contributed by atoms with Crippen LogP contribution in [0.1, 0.15) is 44.1 Å². The number of amides is 1. The summed E-state index contributed by atoms with van der Waals surface area (Å²) in [7, 11) is 0. The molecule has 3 aliphatic heterocycles. The first kappa shape index (κ1) is 32.2. The number of nitrogens with one attached hydrogen (secondary N) is 1. The van der Waals surface area contributed by atoms with Crippen LogP contribution in [-0.4, -0.2) is 75.2 Å². The minimum absolute atomic E-state index is 0.0180. The van der Waals surface area contributed by atoms with E-state index in [1.807, 2.05) is 4.90 Å². The van der Waals surface area contributed by atoms with Crippen LogP contribution >= 0.6 is 0 Å². The lowest BCUT2D eigenvalue weighted by Crippen LogP contribution is -2.44. The molecule has 4 aromatic rings. The fourth-order valence-corrected chi connectivity index (χ4v) is 7.81. The van der Waals surface area contributed by atoms with Gasteiger partial charge in [0, 0.05) is 36.3 Å². The average molecular weight is 664 g/mol. The quantitative estimate of drug-likeness (QED) is 0.202. The minimum atomic E-state index is -0.826. The largest absolute Gasteiger partial charge is 0.508 e. The number of phenols is 1. The maximum absolute atomic E-state index is 17.0. The molecule has 0 radical (unpaired) electrons. The summed E-state index contributed by atoms with van der Waals surface area (Å²) in [6.45, 7) is 6.57. The summed E-state index contributed by atoms with van der Waals surface area (Å²) in [5, 5.41) is 24.2. The smallest absolute Gasteiger partial charge is 0.319 e. The Morgan fingerprint density at radius 1 is 1.22 bits per heavy atom. The van der Waals surface area contributed by atoms with Crippen LogP contribution in [0.15, 0.2) is 43.1 Å². The van der Waals surface area contributed by atoms with Crippen molar-refractivity contribution >= 4 is 33.4 Å². The molecule has 250 valence electrons. The number of rotatable bonds is 7. The first-order valence-electron chi connectivity index (χ1n) is 16.5. The molecule has 7 rings (SSSR count). The van der Waals surface area contributed by atoms with Gasteiger partial charge < -0.3 is 20.1 Å². The first-order valence-corrected chi connectivity index (χ1v) is 16.5. The number of benzene rings is 2. The van der Waals surface area contributed by atoms with Gasteiger partial charge in [-0.1, -0.05) is 18.6 Å². The molecule has 2 N–H and O–H groups in total. The van der Waals surface area contributed by atoms with E-state index >= 15 is 4.39 Å². The molecule has 3 aliphatic rings. The summed E-state index contributed by atoms with van der Waals surface area (Å²) in [5.74, 6) is 0.350. The Morgan fingerprint density at radius 2 is 2.02 bits per heavy atom. The van der Waals surface area contributed by atoms with Crippen molar-refractivity contribution in [1.29, 1.82) is 5.26 Å². The molecule has 0 saturated carbocycles. The number of phenolic OH excluding ortho intramolecular Hbond substituents is 1. The van der Waals surface area contributed by atoms with E-state index in [1.54, 1.807) is 0 Å². The van der Waals surface area contributed by atoms with E-state index in [4.69, 9.17) is 16.1 Å². The highest BCUT2D eigenvalue weighted by Crippen LogP contribution is 2.41. The molecule has 2 atom stereocenters. The van der Waals surface area contributed by atoms with Gasteiger partial charge in [-0.2, -0.15) is 15.2 Å². The minimum Gasteiger partial charge on any atom is -0.508 e. The maximum atomic E-state index is 17.0. The van der Waals surface area contributed by atoms with Crippen molar-refractivity contribution in [2.24, 2.45) is 5.92 Å². The summed E-state index contributed by atoms with van der Waals surface area (Å²) in [6.07, 6.45) is 13.3. The summed E-state index contributed by atoms with van der Waals surface area (Å²) in [4.78, 5) is 30.5. The number of pyridine rings is 1. The van der Waals surface area contributed by atoms with Crippen molar-refractivity contribution in [3.05, 3.63) is 60.3 Å². The van der Waals surface area contributed by atoms with Gasteiger partial charge in [-0.05, 0) is 81.3 Å². The Kier molecular flexibility index (Phi) is 8.51. The molecule has 2 aromatic carbocycles. The third-order valence-electron chi connectivity index (χ3n) is 10.1. The summed E-state index contributed by atoms with van der Waals surface area (Å²) in [6, 6.07) is 7.29. The number of terminal acetylenes is 1. The zero-order valence-corrected chi connectivity index (χ0v) is 26.9. The zero-order valence-electron chi connectivity index (χ0n) is 26.9. The van der Waals surface area contributed by atoms with Crippen LogP contribution in [0.5, 0.6) is 11.8 Å². The van der Waals surface area contributed by atoms with Crippen molar-refractivity contribution in [3.63, 3.8) is 0 Å². The molecule has 5 heterocycles. The topological polar surface area (TPSA) is 128 Å².